The highest BCUT2D eigenvalue weighted by Gasteiger charge is 2.21. The van der Waals surface area contributed by atoms with Crippen LogP contribution in [0.4, 0.5) is 0 Å². The topological polar surface area (TPSA) is 55.3 Å². The van der Waals surface area contributed by atoms with Crippen LogP contribution in [0.3, 0.4) is 0 Å². The molecule has 23 heavy (non-hydrogen) atoms. The van der Waals surface area contributed by atoms with E-state index in [4.69, 9.17) is 14.2 Å². The average Bonchev–Trinajstić information content (AvgIpc) is 2.60. The molecule has 0 amide bonds. The monoisotopic (exact) mass is 327 g/mol. The van der Waals surface area contributed by atoms with Crippen LogP contribution in [-0.2, 0) is 14.2 Å². The third-order valence-electron chi connectivity index (χ3n) is 4.48. The van der Waals surface area contributed by atoms with Gasteiger partial charge in [0.15, 0.2) is 5.96 Å². The van der Waals surface area contributed by atoms with Crippen molar-refractivity contribution in [1.82, 2.24) is 10.2 Å². The van der Waals surface area contributed by atoms with E-state index in [1.807, 2.05) is 7.05 Å². The van der Waals surface area contributed by atoms with Gasteiger partial charge in [-0.05, 0) is 39.0 Å². The quantitative estimate of drug-likeness (QED) is 0.438. The molecule has 0 saturated carbocycles. The van der Waals surface area contributed by atoms with E-state index in [-0.39, 0.29) is 0 Å². The Morgan fingerprint density at radius 3 is 2.48 bits per heavy atom. The van der Waals surface area contributed by atoms with E-state index in [9.17, 15) is 0 Å². The maximum atomic E-state index is 5.89. The van der Waals surface area contributed by atoms with Gasteiger partial charge in [-0.1, -0.05) is 0 Å². The molecule has 0 bridgehead atoms. The number of nitrogens with zero attached hydrogens (tertiary/aromatic N) is 2. The predicted octanol–water partition coefficient (Wildman–Crippen LogP) is 1.65. The molecule has 0 unspecified atom stereocenters. The summed E-state index contributed by atoms with van der Waals surface area (Å²) in [5, 5.41) is 3.45. The number of aliphatic imine (C=N–C) groups is 1. The molecule has 0 aliphatic carbocycles. The van der Waals surface area contributed by atoms with E-state index in [1.165, 1.54) is 0 Å². The first-order chi connectivity index (χ1) is 11.3. The number of likely N-dealkylation sites (tertiary alicyclic amines) is 1. The smallest absolute Gasteiger partial charge is 0.193 e. The Morgan fingerprint density at radius 1 is 1.13 bits per heavy atom. The molecular weight excluding hydrogens is 294 g/mol. The zero-order chi connectivity index (χ0) is 16.3. The molecule has 0 atom stereocenters. The molecule has 2 aliphatic rings. The van der Waals surface area contributed by atoms with Crippen LogP contribution in [0.15, 0.2) is 4.99 Å². The van der Waals surface area contributed by atoms with Crippen LogP contribution in [0.1, 0.15) is 39.0 Å². The highest BCUT2D eigenvalue weighted by molar-refractivity contribution is 5.79. The van der Waals surface area contributed by atoms with Crippen molar-refractivity contribution in [2.75, 3.05) is 53.1 Å². The third-order valence-corrected chi connectivity index (χ3v) is 4.48. The summed E-state index contributed by atoms with van der Waals surface area (Å²) >= 11 is 0. The Balaban J connectivity index is 1.56. The van der Waals surface area contributed by atoms with Gasteiger partial charge in [0.2, 0.25) is 0 Å². The van der Waals surface area contributed by atoms with Crippen LogP contribution in [0.5, 0.6) is 0 Å². The molecular formula is C17H33N3O3. The largest absolute Gasteiger partial charge is 0.381 e. The number of ether oxygens (including phenoxy) is 3. The van der Waals surface area contributed by atoms with Gasteiger partial charge in [-0.2, -0.15) is 0 Å². The van der Waals surface area contributed by atoms with Crippen LogP contribution < -0.4 is 5.32 Å². The second-order valence-corrected chi connectivity index (χ2v) is 6.15. The summed E-state index contributed by atoms with van der Waals surface area (Å²) in [6.07, 6.45) is 6.05. The first-order valence-electron chi connectivity index (χ1n) is 9.10. The number of rotatable bonds is 7. The van der Waals surface area contributed by atoms with Crippen LogP contribution in [0.25, 0.3) is 0 Å². The molecule has 2 aliphatic heterocycles. The van der Waals surface area contributed by atoms with Crippen LogP contribution in [0.2, 0.25) is 0 Å². The van der Waals surface area contributed by atoms with E-state index in [2.05, 4.69) is 22.1 Å². The van der Waals surface area contributed by atoms with E-state index in [0.29, 0.717) is 12.2 Å². The highest BCUT2D eigenvalue weighted by Crippen LogP contribution is 2.14. The SMILES string of the molecule is CCOC1CCN(C(=NC)NCCCOC2CCOCC2)CC1. The molecule has 0 aromatic rings. The van der Waals surface area contributed by atoms with Crippen molar-refractivity contribution in [2.24, 2.45) is 4.99 Å². The van der Waals surface area contributed by atoms with Crippen LogP contribution in [-0.4, -0.2) is 76.2 Å². The van der Waals surface area contributed by atoms with Gasteiger partial charge in [-0.3, -0.25) is 4.99 Å². The number of hydrogen-bond donors (Lipinski definition) is 1. The number of hydrogen-bond acceptors (Lipinski definition) is 4. The number of guanidine groups is 1. The Hall–Kier alpha value is -0.850. The Bertz CT molecular complexity index is 338. The van der Waals surface area contributed by atoms with Crippen molar-refractivity contribution in [3.63, 3.8) is 0 Å². The van der Waals surface area contributed by atoms with Crippen LogP contribution in [0, 0.1) is 0 Å². The second-order valence-electron chi connectivity index (χ2n) is 6.15. The van der Waals surface area contributed by atoms with Crippen molar-refractivity contribution in [1.29, 1.82) is 0 Å². The van der Waals surface area contributed by atoms with Crippen molar-refractivity contribution >= 4 is 5.96 Å². The zero-order valence-corrected chi connectivity index (χ0v) is 14.8. The van der Waals surface area contributed by atoms with Crippen molar-refractivity contribution in [3.05, 3.63) is 0 Å². The van der Waals surface area contributed by atoms with E-state index in [1.54, 1.807) is 0 Å². The zero-order valence-electron chi connectivity index (χ0n) is 14.8. The molecule has 0 radical (unpaired) electrons. The van der Waals surface area contributed by atoms with Gasteiger partial charge in [-0.25, -0.2) is 0 Å². The van der Waals surface area contributed by atoms with E-state index >= 15 is 0 Å². The third kappa shape index (κ3) is 6.65. The van der Waals surface area contributed by atoms with Gasteiger partial charge >= 0.3 is 0 Å². The van der Waals surface area contributed by atoms with Gasteiger partial charge < -0.3 is 24.4 Å². The van der Waals surface area contributed by atoms with Gasteiger partial charge in [0.1, 0.15) is 0 Å². The molecule has 0 aromatic heterocycles. The molecule has 2 rings (SSSR count). The summed E-state index contributed by atoms with van der Waals surface area (Å²) in [5.74, 6) is 1.01. The van der Waals surface area contributed by atoms with Crippen LogP contribution >= 0.6 is 0 Å². The maximum absolute atomic E-state index is 5.89. The molecule has 2 saturated heterocycles. The van der Waals surface area contributed by atoms with Gasteiger partial charge in [-0.15, -0.1) is 0 Å². The van der Waals surface area contributed by atoms with Gasteiger partial charge in [0, 0.05) is 53.1 Å². The fourth-order valence-corrected chi connectivity index (χ4v) is 3.17. The summed E-state index contributed by atoms with van der Waals surface area (Å²) in [6, 6.07) is 0. The summed E-state index contributed by atoms with van der Waals surface area (Å²) in [4.78, 5) is 6.73. The van der Waals surface area contributed by atoms with Crippen molar-refractivity contribution in [2.45, 2.75) is 51.2 Å². The summed E-state index contributed by atoms with van der Waals surface area (Å²) in [7, 11) is 1.86. The minimum Gasteiger partial charge on any atom is -0.381 e. The Kier molecular flexibility index (Phi) is 8.71. The van der Waals surface area contributed by atoms with Crippen molar-refractivity contribution in [3.8, 4) is 0 Å². The summed E-state index contributed by atoms with van der Waals surface area (Å²) < 4.78 is 16.9. The lowest BCUT2D eigenvalue weighted by atomic mass is 10.1. The molecule has 6 nitrogen and oxygen atoms in total. The minimum absolute atomic E-state index is 0.389. The van der Waals surface area contributed by atoms with Gasteiger partial charge in [0.05, 0.1) is 12.2 Å². The average molecular weight is 327 g/mol. The molecule has 0 spiro atoms. The molecule has 0 aromatic carbocycles. The van der Waals surface area contributed by atoms with E-state index < -0.39 is 0 Å². The normalized spacial score (nSPS) is 21.7. The highest BCUT2D eigenvalue weighted by atomic mass is 16.5. The van der Waals surface area contributed by atoms with Gasteiger partial charge in [0.25, 0.3) is 0 Å². The first-order valence-corrected chi connectivity index (χ1v) is 9.10. The summed E-state index contributed by atoms with van der Waals surface area (Å²) in [5.41, 5.74) is 0. The second kappa shape index (κ2) is 10.8. The fourth-order valence-electron chi connectivity index (χ4n) is 3.17. The van der Waals surface area contributed by atoms with Crippen molar-refractivity contribution < 1.29 is 14.2 Å². The fraction of sp³-hybridized carbons (Fsp3) is 0.941. The number of nitrogens with one attached hydrogen (secondary N) is 1. The lowest BCUT2D eigenvalue weighted by molar-refractivity contribution is -0.0320. The number of piperidine rings is 1. The Labute approximate surface area is 140 Å². The predicted molar refractivity (Wildman–Crippen MR) is 92.0 cm³/mol. The lowest BCUT2D eigenvalue weighted by Gasteiger charge is -2.34. The molecule has 6 heteroatoms. The lowest BCUT2D eigenvalue weighted by Crippen LogP contribution is -2.47. The molecule has 134 valence electrons. The van der Waals surface area contributed by atoms with E-state index in [0.717, 1.165) is 84.1 Å². The Morgan fingerprint density at radius 2 is 1.83 bits per heavy atom. The molecule has 2 heterocycles. The standard InChI is InChI=1S/C17H33N3O3/c1-3-22-15-5-10-20(11-6-15)17(18-2)19-9-4-12-23-16-7-13-21-14-8-16/h15-16H,3-14H2,1-2H3,(H,18,19). The maximum Gasteiger partial charge on any atom is 0.193 e. The molecule has 1 N–H and O–H groups in total. The molecule has 2 fully saturated rings. The minimum atomic E-state index is 0.389. The first kappa shape index (κ1) is 18.5. The summed E-state index contributed by atoms with van der Waals surface area (Å²) in [6.45, 7) is 8.30.